The summed E-state index contributed by atoms with van der Waals surface area (Å²) in [6.07, 6.45) is 2.54. The summed E-state index contributed by atoms with van der Waals surface area (Å²) >= 11 is 0. The predicted octanol–water partition coefficient (Wildman–Crippen LogP) is -1.05. The molecule has 1 N–H and O–H groups in total. The standard InChI is InChI=1S/C9H21N3O3S/c1-11(2)7-8-12(9-13)6-4-5-10-16(3,14)15/h9-10H,4-8H2,1-3H3. The van der Waals surface area contributed by atoms with E-state index in [1.165, 1.54) is 0 Å². The number of amides is 1. The van der Waals surface area contributed by atoms with Gasteiger partial charge in [-0.3, -0.25) is 4.79 Å². The van der Waals surface area contributed by atoms with Gasteiger partial charge in [0.05, 0.1) is 6.26 Å². The van der Waals surface area contributed by atoms with Crippen LogP contribution in [0.15, 0.2) is 0 Å². The lowest BCUT2D eigenvalue weighted by Gasteiger charge is -2.19. The van der Waals surface area contributed by atoms with E-state index in [0.29, 0.717) is 26.1 Å². The van der Waals surface area contributed by atoms with E-state index in [1.54, 1.807) is 4.90 Å². The first-order valence-corrected chi connectivity index (χ1v) is 7.03. The fourth-order valence-corrected chi connectivity index (χ4v) is 1.60. The highest BCUT2D eigenvalue weighted by molar-refractivity contribution is 7.88. The molecule has 0 aliphatic heterocycles. The average Bonchev–Trinajstić information content (AvgIpc) is 2.15. The second kappa shape index (κ2) is 7.59. The van der Waals surface area contributed by atoms with Crippen LogP contribution < -0.4 is 4.72 Å². The molecular formula is C9H21N3O3S. The van der Waals surface area contributed by atoms with Gasteiger partial charge in [-0.05, 0) is 20.5 Å². The summed E-state index contributed by atoms with van der Waals surface area (Å²) in [5, 5.41) is 0. The molecule has 0 aliphatic rings. The first kappa shape index (κ1) is 15.3. The molecule has 0 bridgehead atoms. The molecule has 0 aliphatic carbocycles. The van der Waals surface area contributed by atoms with Crippen LogP contribution in [0.3, 0.4) is 0 Å². The Hall–Kier alpha value is -0.660. The van der Waals surface area contributed by atoms with Gasteiger partial charge in [-0.2, -0.15) is 0 Å². The molecule has 0 saturated heterocycles. The Labute approximate surface area is 97.7 Å². The van der Waals surface area contributed by atoms with Gasteiger partial charge in [-0.15, -0.1) is 0 Å². The Kier molecular flexibility index (Phi) is 7.27. The Balaban J connectivity index is 3.67. The number of carbonyl (C=O) groups is 1. The van der Waals surface area contributed by atoms with Crippen LogP contribution in [0.25, 0.3) is 0 Å². The smallest absolute Gasteiger partial charge is 0.209 e. The van der Waals surface area contributed by atoms with Gasteiger partial charge < -0.3 is 9.80 Å². The van der Waals surface area contributed by atoms with Crippen molar-refractivity contribution in [2.75, 3.05) is 46.5 Å². The number of hydrogen-bond acceptors (Lipinski definition) is 4. The number of sulfonamides is 1. The Morgan fingerprint density at radius 2 is 1.81 bits per heavy atom. The Morgan fingerprint density at radius 1 is 1.19 bits per heavy atom. The third-order valence-corrected chi connectivity index (χ3v) is 2.70. The van der Waals surface area contributed by atoms with Crippen molar-refractivity contribution in [3.8, 4) is 0 Å². The molecule has 16 heavy (non-hydrogen) atoms. The lowest BCUT2D eigenvalue weighted by atomic mass is 10.4. The predicted molar refractivity (Wildman–Crippen MR) is 63.7 cm³/mol. The fourth-order valence-electron chi connectivity index (χ4n) is 1.09. The van der Waals surface area contributed by atoms with E-state index in [0.717, 1.165) is 19.2 Å². The maximum Gasteiger partial charge on any atom is 0.209 e. The fraction of sp³-hybridized carbons (Fsp3) is 0.889. The van der Waals surface area contributed by atoms with Crippen molar-refractivity contribution in [2.45, 2.75) is 6.42 Å². The van der Waals surface area contributed by atoms with Gasteiger partial charge in [0, 0.05) is 26.2 Å². The zero-order valence-electron chi connectivity index (χ0n) is 10.1. The quantitative estimate of drug-likeness (QED) is 0.419. The number of nitrogens with zero attached hydrogens (tertiary/aromatic N) is 2. The topological polar surface area (TPSA) is 69.7 Å². The zero-order valence-corrected chi connectivity index (χ0v) is 11.0. The van der Waals surface area contributed by atoms with Crippen molar-refractivity contribution in [1.29, 1.82) is 0 Å². The molecule has 0 rings (SSSR count). The minimum Gasteiger partial charge on any atom is -0.344 e. The van der Waals surface area contributed by atoms with Crippen LogP contribution in [0, 0.1) is 0 Å². The molecule has 7 heteroatoms. The van der Waals surface area contributed by atoms with E-state index < -0.39 is 10.0 Å². The summed E-state index contributed by atoms with van der Waals surface area (Å²) in [5.74, 6) is 0. The zero-order chi connectivity index (χ0) is 12.6. The summed E-state index contributed by atoms with van der Waals surface area (Å²) in [6, 6.07) is 0. The molecule has 0 spiro atoms. The highest BCUT2D eigenvalue weighted by Crippen LogP contribution is 1.89. The second-order valence-corrected chi connectivity index (χ2v) is 5.80. The highest BCUT2D eigenvalue weighted by atomic mass is 32.2. The summed E-state index contributed by atoms with van der Waals surface area (Å²) in [5.41, 5.74) is 0. The van der Waals surface area contributed by atoms with Crippen LogP contribution in [0.1, 0.15) is 6.42 Å². The van der Waals surface area contributed by atoms with Gasteiger partial charge in [-0.1, -0.05) is 0 Å². The molecule has 0 aromatic carbocycles. The molecule has 0 heterocycles. The molecule has 0 atom stereocenters. The Bertz CT molecular complexity index is 290. The molecule has 96 valence electrons. The number of rotatable bonds is 9. The number of hydrogen-bond donors (Lipinski definition) is 1. The van der Waals surface area contributed by atoms with E-state index in [4.69, 9.17) is 0 Å². The maximum atomic E-state index is 10.8. The summed E-state index contributed by atoms with van der Waals surface area (Å²) in [4.78, 5) is 14.3. The van der Waals surface area contributed by atoms with Gasteiger partial charge in [0.25, 0.3) is 0 Å². The molecule has 0 radical (unpaired) electrons. The summed E-state index contributed by atoms with van der Waals surface area (Å²) in [6.45, 7) is 2.40. The van der Waals surface area contributed by atoms with Crippen LogP contribution in [0.5, 0.6) is 0 Å². The molecule has 0 aromatic heterocycles. The third-order valence-electron chi connectivity index (χ3n) is 1.97. The number of nitrogens with one attached hydrogen (secondary N) is 1. The van der Waals surface area contributed by atoms with E-state index in [9.17, 15) is 13.2 Å². The monoisotopic (exact) mass is 251 g/mol. The van der Waals surface area contributed by atoms with E-state index in [1.807, 2.05) is 19.0 Å². The van der Waals surface area contributed by atoms with Crippen LogP contribution in [0.4, 0.5) is 0 Å². The van der Waals surface area contributed by atoms with Crippen molar-refractivity contribution >= 4 is 16.4 Å². The molecule has 0 aromatic rings. The minimum absolute atomic E-state index is 0.366. The molecule has 0 unspecified atom stereocenters. The van der Waals surface area contributed by atoms with Gasteiger partial charge >= 0.3 is 0 Å². The second-order valence-electron chi connectivity index (χ2n) is 3.96. The SMILES string of the molecule is CN(C)CCN(C=O)CCCNS(C)(=O)=O. The molecule has 0 saturated carbocycles. The van der Waals surface area contributed by atoms with E-state index in [2.05, 4.69) is 4.72 Å². The molecule has 0 fully saturated rings. The molecular weight excluding hydrogens is 230 g/mol. The lowest BCUT2D eigenvalue weighted by Crippen LogP contribution is -2.33. The molecule has 6 nitrogen and oxygen atoms in total. The maximum absolute atomic E-state index is 10.8. The van der Waals surface area contributed by atoms with Gasteiger partial charge in [0.1, 0.15) is 0 Å². The summed E-state index contributed by atoms with van der Waals surface area (Å²) < 4.78 is 23.9. The molecule has 1 amide bonds. The van der Waals surface area contributed by atoms with E-state index in [-0.39, 0.29) is 0 Å². The van der Waals surface area contributed by atoms with Crippen LogP contribution in [0.2, 0.25) is 0 Å². The van der Waals surface area contributed by atoms with Crippen LogP contribution >= 0.6 is 0 Å². The number of carbonyl (C=O) groups excluding carboxylic acids is 1. The average molecular weight is 251 g/mol. The van der Waals surface area contributed by atoms with Crippen molar-refractivity contribution in [1.82, 2.24) is 14.5 Å². The van der Waals surface area contributed by atoms with Crippen molar-refractivity contribution in [3.63, 3.8) is 0 Å². The van der Waals surface area contributed by atoms with Gasteiger partial charge in [-0.25, -0.2) is 13.1 Å². The van der Waals surface area contributed by atoms with Crippen LogP contribution in [-0.2, 0) is 14.8 Å². The lowest BCUT2D eigenvalue weighted by molar-refractivity contribution is -0.118. The normalized spacial score (nSPS) is 11.8. The third kappa shape index (κ3) is 9.88. The minimum atomic E-state index is -3.12. The first-order chi connectivity index (χ1) is 7.35. The first-order valence-electron chi connectivity index (χ1n) is 5.14. The largest absolute Gasteiger partial charge is 0.344 e. The highest BCUT2D eigenvalue weighted by Gasteiger charge is 2.03. The van der Waals surface area contributed by atoms with E-state index >= 15 is 0 Å². The van der Waals surface area contributed by atoms with Crippen molar-refractivity contribution in [2.24, 2.45) is 0 Å². The van der Waals surface area contributed by atoms with Gasteiger partial charge in [0.15, 0.2) is 0 Å². The van der Waals surface area contributed by atoms with Crippen molar-refractivity contribution in [3.05, 3.63) is 0 Å². The van der Waals surface area contributed by atoms with Crippen molar-refractivity contribution < 1.29 is 13.2 Å². The summed E-state index contributed by atoms with van der Waals surface area (Å²) in [7, 11) is 0.758. The Morgan fingerprint density at radius 3 is 2.25 bits per heavy atom. The number of likely N-dealkylation sites (N-methyl/N-ethyl adjacent to an activating group) is 1. The van der Waals surface area contributed by atoms with Gasteiger partial charge in [0.2, 0.25) is 16.4 Å². The van der Waals surface area contributed by atoms with Crippen LogP contribution in [-0.4, -0.2) is 71.2 Å².